The van der Waals surface area contributed by atoms with Gasteiger partial charge < -0.3 is 19.4 Å². The summed E-state index contributed by atoms with van der Waals surface area (Å²) in [5.41, 5.74) is 0.314. The van der Waals surface area contributed by atoms with Gasteiger partial charge in [-0.05, 0) is 79.9 Å². The zero-order valence-electron chi connectivity index (χ0n) is 19.2. The summed E-state index contributed by atoms with van der Waals surface area (Å²) in [7, 11) is 3.33. The van der Waals surface area contributed by atoms with Crippen LogP contribution in [0.4, 0.5) is 4.79 Å². The Morgan fingerprint density at radius 2 is 1.62 bits per heavy atom. The highest BCUT2D eigenvalue weighted by Crippen LogP contribution is 2.30. The topological polar surface area (TPSA) is 56.8 Å². The van der Waals surface area contributed by atoms with Crippen LogP contribution in [0, 0.1) is 0 Å². The lowest BCUT2D eigenvalue weighted by Gasteiger charge is -2.38. The van der Waals surface area contributed by atoms with E-state index in [-0.39, 0.29) is 22.0 Å². The lowest BCUT2D eigenvalue weighted by Crippen LogP contribution is -2.45. The molecule has 1 amide bonds. The van der Waals surface area contributed by atoms with E-state index >= 15 is 0 Å². The molecule has 0 aromatic heterocycles. The first-order valence-electron chi connectivity index (χ1n) is 10.1. The van der Waals surface area contributed by atoms with Gasteiger partial charge >= 0.3 is 13.6 Å². The van der Waals surface area contributed by atoms with E-state index in [1.54, 1.807) is 7.48 Å². The number of carbonyl (C=O) groups is 1. The summed E-state index contributed by atoms with van der Waals surface area (Å²) >= 11 is 4.59. The van der Waals surface area contributed by atoms with Crippen molar-refractivity contribution in [1.82, 2.24) is 5.32 Å². The number of ether oxygens (including phenoxy) is 2. The minimum Gasteiger partial charge on any atom is -0.490 e. The molecule has 0 heterocycles. The fourth-order valence-electron chi connectivity index (χ4n) is 1.99. The molecule has 0 atom stereocenters. The number of rotatable bonds is 6. The highest BCUT2D eigenvalue weighted by molar-refractivity contribution is 7.81. The van der Waals surface area contributed by atoms with Gasteiger partial charge in [-0.15, -0.1) is 0 Å². The first-order chi connectivity index (χ1) is 13.2. The molecule has 1 N–H and O–H groups in total. The van der Waals surface area contributed by atoms with Gasteiger partial charge in [0.15, 0.2) is 0 Å². The third-order valence-corrected chi connectivity index (χ3v) is 5.34. The van der Waals surface area contributed by atoms with Crippen LogP contribution < -0.4 is 15.5 Å². The van der Waals surface area contributed by atoms with E-state index < -0.39 is 0 Å². The van der Waals surface area contributed by atoms with Crippen molar-refractivity contribution >= 4 is 31.7 Å². The van der Waals surface area contributed by atoms with E-state index in [4.69, 9.17) is 14.1 Å². The van der Waals surface area contributed by atoms with Crippen LogP contribution in [-0.4, -0.2) is 42.7 Å². The van der Waals surface area contributed by atoms with Crippen LogP contribution in [0.5, 0.6) is 5.75 Å². The molecule has 2 rings (SSSR count). The number of carbonyl (C=O) groups excluding carboxylic acids is 1. The maximum Gasteiger partial charge on any atom is 0.407 e. The average Bonchev–Trinajstić information content (AvgIpc) is 2.55. The molecule has 1 aromatic carbocycles. The van der Waals surface area contributed by atoms with Gasteiger partial charge in [0.05, 0.1) is 11.7 Å². The third kappa shape index (κ3) is 9.81. The van der Waals surface area contributed by atoms with Crippen molar-refractivity contribution in [2.24, 2.45) is 0 Å². The van der Waals surface area contributed by atoms with Gasteiger partial charge in [-0.3, -0.25) is 0 Å². The lowest BCUT2D eigenvalue weighted by atomic mass is 9.84. The van der Waals surface area contributed by atoms with Gasteiger partial charge in [-0.25, -0.2) is 4.79 Å². The molecule has 5 nitrogen and oxygen atoms in total. The van der Waals surface area contributed by atoms with E-state index in [1.165, 1.54) is 26.3 Å². The fourth-order valence-corrected chi connectivity index (χ4v) is 2.05. The van der Waals surface area contributed by atoms with Crippen LogP contribution in [0.2, 0.25) is 0 Å². The molecule has 1 radical (unpaired) electrons. The van der Waals surface area contributed by atoms with E-state index in [9.17, 15) is 4.79 Å². The van der Waals surface area contributed by atoms with Gasteiger partial charge in [0.1, 0.15) is 11.4 Å². The first-order valence-corrected chi connectivity index (χ1v) is 10.6. The Kier molecular flexibility index (Phi) is 9.41. The summed E-state index contributed by atoms with van der Waals surface area (Å²) in [4.78, 5) is 10.5. The summed E-state index contributed by atoms with van der Waals surface area (Å²) < 4.78 is 16.4. The molecule has 0 saturated heterocycles. The molecule has 0 spiro atoms. The van der Waals surface area contributed by atoms with E-state index in [0.717, 1.165) is 11.2 Å². The predicted octanol–water partition coefficient (Wildman–Crippen LogP) is 4.51. The molecular formula is C22H37BNO4S. The van der Waals surface area contributed by atoms with Crippen molar-refractivity contribution in [2.45, 2.75) is 89.8 Å². The highest BCUT2D eigenvalue weighted by Gasteiger charge is 2.34. The second-order valence-electron chi connectivity index (χ2n) is 9.30. The summed E-state index contributed by atoms with van der Waals surface area (Å²) in [6, 6.07) is 8.06. The van der Waals surface area contributed by atoms with Crippen molar-refractivity contribution in [1.29, 1.82) is 0 Å². The van der Waals surface area contributed by atoms with Crippen LogP contribution in [0.25, 0.3) is 0 Å². The van der Waals surface area contributed by atoms with Crippen LogP contribution >= 0.6 is 12.6 Å². The minimum absolute atomic E-state index is 0.212. The Balaban J connectivity index is 0.000000396. The Morgan fingerprint density at radius 1 is 1.07 bits per heavy atom. The number of thiol groups is 1. The molecule has 1 aliphatic carbocycles. The number of hydrogen-bond donors (Lipinski definition) is 2. The van der Waals surface area contributed by atoms with E-state index in [1.807, 2.05) is 58.9 Å². The SMILES string of the molecule is CC(C)(S)C(C)(C)O[B]c1ccc(OC2CCC2)cc1.CNC(=O)OC(C)(C)C. The Bertz CT molecular complexity index is 632. The Labute approximate surface area is 182 Å². The molecule has 0 aliphatic heterocycles. The molecule has 1 aromatic rings. The lowest BCUT2D eigenvalue weighted by molar-refractivity contribution is 0.0541. The van der Waals surface area contributed by atoms with Crippen molar-refractivity contribution in [2.75, 3.05) is 7.05 Å². The molecule has 0 unspecified atom stereocenters. The fraction of sp³-hybridized carbons (Fsp3) is 0.682. The third-order valence-electron chi connectivity index (χ3n) is 4.80. The zero-order valence-corrected chi connectivity index (χ0v) is 20.1. The number of benzene rings is 1. The minimum atomic E-state index is -0.389. The predicted molar refractivity (Wildman–Crippen MR) is 124 cm³/mol. The molecular weight excluding hydrogens is 385 g/mol. The largest absolute Gasteiger partial charge is 0.490 e. The van der Waals surface area contributed by atoms with Gasteiger partial charge in [0, 0.05) is 11.8 Å². The van der Waals surface area contributed by atoms with Crippen LogP contribution in [-0.2, 0) is 9.39 Å². The van der Waals surface area contributed by atoms with Crippen molar-refractivity contribution in [3.63, 3.8) is 0 Å². The van der Waals surface area contributed by atoms with Gasteiger partial charge in [-0.2, -0.15) is 12.6 Å². The van der Waals surface area contributed by atoms with Crippen molar-refractivity contribution in [3.8, 4) is 5.75 Å². The number of amides is 1. The maximum atomic E-state index is 10.5. The van der Waals surface area contributed by atoms with Crippen LogP contribution in [0.15, 0.2) is 24.3 Å². The second-order valence-corrected chi connectivity index (χ2v) is 10.4. The van der Waals surface area contributed by atoms with Gasteiger partial charge in [0.2, 0.25) is 0 Å². The van der Waals surface area contributed by atoms with Crippen LogP contribution in [0.1, 0.15) is 67.7 Å². The average molecular weight is 422 g/mol. The molecule has 1 saturated carbocycles. The summed E-state index contributed by atoms with van der Waals surface area (Å²) in [5, 5.41) is 2.36. The molecule has 1 aliphatic rings. The molecule has 163 valence electrons. The summed E-state index contributed by atoms with van der Waals surface area (Å²) in [5.74, 6) is 0.945. The number of alkyl carbamates (subject to hydrolysis) is 1. The monoisotopic (exact) mass is 422 g/mol. The summed E-state index contributed by atoms with van der Waals surface area (Å²) in [6.07, 6.45) is 3.69. The van der Waals surface area contributed by atoms with Gasteiger partial charge in [0.25, 0.3) is 0 Å². The van der Waals surface area contributed by atoms with Crippen molar-refractivity contribution in [3.05, 3.63) is 24.3 Å². The second kappa shape index (κ2) is 10.6. The molecule has 1 fully saturated rings. The zero-order chi connectivity index (χ0) is 22.3. The van der Waals surface area contributed by atoms with Crippen LogP contribution in [0.3, 0.4) is 0 Å². The standard InChI is InChI=1S/C16H24BO2S.C6H13NO2/c1-15(2,16(3,4)20)19-17-12-8-10-14(11-9-12)18-13-6-5-7-13;1-6(2,3)9-5(8)7-4/h8-11,13,20H,5-7H2,1-4H3;1-4H3,(H,7,8). The number of nitrogens with one attached hydrogen (secondary N) is 1. The maximum absolute atomic E-state index is 10.5. The Hall–Kier alpha value is -1.34. The summed E-state index contributed by atoms with van der Waals surface area (Å²) in [6.45, 7) is 13.7. The molecule has 7 heteroatoms. The first kappa shape index (κ1) is 25.7. The Morgan fingerprint density at radius 3 is 1.97 bits per heavy atom. The van der Waals surface area contributed by atoms with Gasteiger partial charge in [-0.1, -0.05) is 17.6 Å². The molecule has 0 bridgehead atoms. The molecule has 29 heavy (non-hydrogen) atoms. The normalized spacial score (nSPS) is 14.8. The number of hydrogen-bond acceptors (Lipinski definition) is 5. The smallest absolute Gasteiger partial charge is 0.407 e. The van der Waals surface area contributed by atoms with E-state index in [2.05, 4.69) is 31.8 Å². The quantitative estimate of drug-likeness (QED) is 0.523. The highest BCUT2D eigenvalue weighted by atomic mass is 32.1. The van der Waals surface area contributed by atoms with E-state index in [0.29, 0.717) is 6.10 Å². The van der Waals surface area contributed by atoms with Crippen molar-refractivity contribution < 1.29 is 18.9 Å².